The predicted octanol–water partition coefficient (Wildman–Crippen LogP) is 5.12. The molecule has 0 radical (unpaired) electrons. The summed E-state index contributed by atoms with van der Waals surface area (Å²) in [7, 11) is 2.16. The Morgan fingerprint density at radius 1 is 0.864 bits per heavy atom. The van der Waals surface area contributed by atoms with Crippen molar-refractivity contribution in [3.63, 3.8) is 0 Å². The van der Waals surface area contributed by atoms with E-state index in [0.29, 0.717) is 0 Å². The lowest BCUT2D eigenvalue weighted by atomic mass is 9.65. The maximum absolute atomic E-state index is 2.35. The zero-order valence-corrected chi connectivity index (χ0v) is 15.4. The first-order valence-corrected chi connectivity index (χ1v) is 8.12. The summed E-state index contributed by atoms with van der Waals surface area (Å²) >= 11 is 0. The van der Waals surface area contributed by atoms with Gasteiger partial charge in [-0.25, -0.2) is 4.57 Å². The van der Waals surface area contributed by atoms with Crippen molar-refractivity contribution in [3.05, 3.63) is 53.2 Å². The molecule has 0 N–H and O–H groups in total. The van der Waals surface area contributed by atoms with E-state index < -0.39 is 0 Å². The molecule has 0 atom stereocenters. The Bertz CT molecular complexity index is 688. The summed E-state index contributed by atoms with van der Waals surface area (Å²) in [5.74, 6) is 0. The number of aromatic nitrogens is 1. The highest BCUT2D eigenvalue weighted by atomic mass is 14.9. The minimum absolute atomic E-state index is 0.124. The Morgan fingerprint density at radius 3 is 2.00 bits per heavy atom. The van der Waals surface area contributed by atoms with Gasteiger partial charge in [0.1, 0.15) is 7.05 Å². The number of hydrogen-bond acceptors (Lipinski definition) is 0. The second-order valence-corrected chi connectivity index (χ2v) is 8.06. The molecule has 0 amide bonds. The van der Waals surface area contributed by atoms with Crippen molar-refractivity contribution < 1.29 is 4.57 Å². The van der Waals surface area contributed by atoms with Gasteiger partial charge < -0.3 is 0 Å². The normalized spacial score (nSPS) is 12.5. The summed E-state index contributed by atoms with van der Waals surface area (Å²) in [6.45, 7) is 16.1. The fourth-order valence-electron chi connectivity index (χ4n) is 2.94. The molecule has 0 aliphatic rings. The lowest BCUT2D eigenvalue weighted by Crippen LogP contribution is -2.39. The summed E-state index contributed by atoms with van der Waals surface area (Å²) in [5.41, 5.74) is 7.06. The standard InChI is InChI=1S/C21H30N/c1-15-11-9-10-12-17(15)19-13-16(2)18(14-22(19)8)21(6,7)20(3,4)5/h9-14H,1-8H3/q+1. The van der Waals surface area contributed by atoms with Crippen molar-refractivity contribution >= 4 is 0 Å². The molecule has 0 aliphatic heterocycles. The molecule has 1 heterocycles. The quantitative estimate of drug-likeness (QED) is 0.677. The first-order chi connectivity index (χ1) is 10.1. The van der Waals surface area contributed by atoms with Crippen molar-refractivity contribution in [2.24, 2.45) is 12.5 Å². The van der Waals surface area contributed by atoms with E-state index in [1.54, 1.807) is 0 Å². The Hall–Kier alpha value is -1.63. The Kier molecular flexibility index (Phi) is 4.21. The third-order valence-electron chi connectivity index (χ3n) is 5.45. The van der Waals surface area contributed by atoms with Gasteiger partial charge in [0.2, 0.25) is 5.69 Å². The van der Waals surface area contributed by atoms with Crippen LogP contribution < -0.4 is 4.57 Å². The molecule has 1 heteroatoms. The van der Waals surface area contributed by atoms with Crippen LogP contribution in [0, 0.1) is 19.3 Å². The van der Waals surface area contributed by atoms with Crippen LogP contribution >= 0.6 is 0 Å². The molecule has 0 spiro atoms. The average Bonchev–Trinajstić information content (AvgIpc) is 2.40. The van der Waals surface area contributed by atoms with E-state index in [2.05, 4.69) is 96.6 Å². The van der Waals surface area contributed by atoms with Crippen molar-refractivity contribution in [1.82, 2.24) is 0 Å². The molecule has 0 saturated heterocycles. The summed E-state index contributed by atoms with van der Waals surface area (Å²) in [4.78, 5) is 0. The van der Waals surface area contributed by atoms with E-state index in [-0.39, 0.29) is 10.8 Å². The summed E-state index contributed by atoms with van der Waals surface area (Å²) in [5, 5.41) is 0. The van der Waals surface area contributed by atoms with E-state index in [9.17, 15) is 0 Å². The molecule has 1 aromatic heterocycles. The van der Waals surface area contributed by atoms with Crippen molar-refractivity contribution in [3.8, 4) is 11.3 Å². The Labute approximate surface area is 136 Å². The summed E-state index contributed by atoms with van der Waals surface area (Å²) in [6.07, 6.45) is 2.32. The highest BCUT2D eigenvalue weighted by Crippen LogP contribution is 2.42. The van der Waals surface area contributed by atoms with Crippen molar-refractivity contribution in [2.45, 2.75) is 53.9 Å². The highest BCUT2D eigenvalue weighted by molar-refractivity contribution is 5.61. The van der Waals surface area contributed by atoms with Crippen LogP contribution in [-0.4, -0.2) is 0 Å². The van der Waals surface area contributed by atoms with Crippen LogP contribution in [0.1, 0.15) is 51.3 Å². The molecule has 22 heavy (non-hydrogen) atoms. The van der Waals surface area contributed by atoms with Crippen LogP contribution in [-0.2, 0) is 12.5 Å². The van der Waals surface area contributed by atoms with Gasteiger partial charge in [-0.1, -0.05) is 52.8 Å². The second kappa shape index (κ2) is 5.53. The van der Waals surface area contributed by atoms with Gasteiger partial charge in [0.25, 0.3) is 0 Å². The smallest absolute Gasteiger partial charge is 0.201 e. The monoisotopic (exact) mass is 296 g/mol. The second-order valence-electron chi connectivity index (χ2n) is 8.06. The van der Waals surface area contributed by atoms with E-state index in [1.807, 2.05) is 0 Å². The molecule has 0 saturated carbocycles. The summed E-state index contributed by atoms with van der Waals surface area (Å²) in [6, 6.07) is 10.9. The molecule has 118 valence electrons. The van der Waals surface area contributed by atoms with E-state index in [1.165, 1.54) is 27.9 Å². The van der Waals surface area contributed by atoms with E-state index in [0.717, 1.165) is 0 Å². The molecular weight excluding hydrogens is 266 g/mol. The predicted molar refractivity (Wildman–Crippen MR) is 95.0 cm³/mol. The minimum atomic E-state index is 0.124. The topological polar surface area (TPSA) is 3.88 Å². The lowest BCUT2D eigenvalue weighted by molar-refractivity contribution is -0.661. The molecule has 1 nitrogen and oxygen atoms in total. The van der Waals surface area contributed by atoms with Gasteiger partial charge in [0.05, 0.1) is 0 Å². The molecule has 0 aliphatic carbocycles. The van der Waals surface area contributed by atoms with Crippen LogP contribution in [0.2, 0.25) is 0 Å². The zero-order chi connectivity index (χ0) is 16.7. The molecular formula is C21H30N+. The number of rotatable bonds is 2. The largest absolute Gasteiger partial charge is 0.212 e. The van der Waals surface area contributed by atoms with Crippen molar-refractivity contribution in [2.75, 3.05) is 0 Å². The van der Waals surface area contributed by atoms with Crippen LogP contribution in [0.3, 0.4) is 0 Å². The molecule has 2 aromatic rings. The Balaban J connectivity index is 2.63. The molecule has 0 fully saturated rings. The van der Waals surface area contributed by atoms with Gasteiger partial charge in [-0.15, -0.1) is 0 Å². The van der Waals surface area contributed by atoms with Crippen LogP contribution in [0.5, 0.6) is 0 Å². The van der Waals surface area contributed by atoms with Crippen LogP contribution in [0.25, 0.3) is 11.3 Å². The number of hydrogen-bond donors (Lipinski definition) is 0. The zero-order valence-electron chi connectivity index (χ0n) is 15.4. The highest BCUT2D eigenvalue weighted by Gasteiger charge is 2.37. The third kappa shape index (κ3) is 2.82. The number of aryl methyl sites for hydroxylation is 3. The number of benzene rings is 1. The van der Waals surface area contributed by atoms with Gasteiger partial charge in [0, 0.05) is 22.6 Å². The maximum atomic E-state index is 2.35. The number of pyridine rings is 1. The first kappa shape index (κ1) is 16.7. The van der Waals surface area contributed by atoms with E-state index in [4.69, 9.17) is 0 Å². The lowest BCUT2D eigenvalue weighted by Gasteiger charge is -2.39. The fourth-order valence-corrected chi connectivity index (χ4v) is 2.94. The van der Waals surface area contributed by atoms with Crippen molar-refractivity contribution in [1.29, 1.82) is 0 Å². The minimum Gasteiger partial charge on any atom is -0.201 e. The number of nitrogens with zero attached hydrogens (tertiary/aromatic N) is 1. The van der Waals surface area contributed by atoms with Gasteiger partial charge in [-0.05, 0) is 36.5 Å². The SMILES string of the molecule is Cc1ccccc1-c1cc(C)c(C(C)(C)C(C)(C)C)c[n+]1C. The molecule has 2 rings (SSSR count). The van der Waals surface area contributed by atoms with Gasteiger partial charge in [-0.3, -0.25) is 0 Å². The Morgan fingerprint density at radius 2 is 1.45 bits per heavy atom. The third-order valence-corrected chi connectivity index (χ3v) is 5.45. The molecule has 0 unspecified atom stereocenters. The summed E-state index contributed by atoms with van der Waals surface area (Å²) < 4.78 is 2.28. The average molecular weight is 296 g/mol. The van der Waals surface area contributed by atoms with Gasteiger partial charge in [0.15, 0.2) is 6.20 Å². The fraction of sp³-hybridized carbons (Fsp3) is 0.476. The van der Waals surface area contributed by atoms with Gasteiger partial charge in [-0.2, -0.15) is 0 Å². The molecule has 1 aromatic carbocycles. The van der Waals surface area contributed by atoms with Gasteiger partial charge >= 0.3 is 0 Å². The molecule has 0 bridgehead atoms. The van der Waals surface area contributed by atoms with E-state index >= 15 is 0 Å². The maximum Gasteiger partial charge on any atom is 0.212 e. The van der Waals surface area contributed by atoms with Crippen LogP contribution in [0.15, 0.2) is 36.5 Å². The van der Waals surface area contributed by atoms with Crippen LogP contribution in [0.4, 0.5) is 0 Å². The first-order valence-electron chi connectivity index (χ1n) is 8.12.